The van der Waals surface area contributed by atoms with E-state index in [1.54, 1.807) is 0 Å². The third-order valence-corrected chi connectivity index (χ3v) is 1.81. The third kappa shape index (κ3) is 2.52. The molecule has 0 aromatic carbocycles. The van der Waals surface area contributed by atoms with Crippen LogP contribution in [0.25, 0.3) is 0 Å². The van der Waals surface area contributed by atoms with Crippen LogP contribution in [0.15, 0.2) is 0 Å². The molecule has 0 aromatic rings. The first-order chi connectivity index (χ1) is 3.60. The molecule has 1 aliphatic carbocycles. The maximum atomic E-state index is 5.79. The Morgan fingerprint density at radius 1 is 1.56 bits per heavy atom. The van der Waals surface area contributed by atoms with Gasteiger partial charge in [0.15, 0.2) is 0 Å². The average molecular weight is 151 g/mol. The fourth-order valence-corrected chi connectivity index (χ4v) is 1.32. The Morgan fingerprint density at radius 3 is 2.22 bits per heavy atom. The van der Waals surface area contributed by atoms with Crippen LogP contribution in [0.1, 0.15) is 26.2 Å². The van der Waals surface area contributed by atoms with Gasteiger partial charge in [-0.2, -0.15) is 0 Å². The van der Waals surface area contributed by atoms with E-state index in [-0.39, 0.29) is 17.9 Å². The molecule has 0 amide bonds. The predicted octanol–water partition coefficient (Wildman–Crippen LogP) is 0.637. The summed E-state index contributed by atoms with van der Waals surface area (Å²) in [6.45, 7) is 2.07. The first-order valence-electron chi connectivity index (χ1n) is 3.15. The minimum Gasteiger partial charge on any atom is -0.328 e. The van der Waals surface area contributed by atoms with Crippen LogP contribution in [-0.2, 0) is 0 Å². The Morgan fingerprint density at radius 2 is 2.11 bits per heavy atom. The van der Waals surface area contributed by atoms with E-state index >= 15 is 0 Å². The zero-order valence-electron chi connectivity index (χ0n) is 5.76. The van der Waals surface area contributed by atoms with E-state index in [4.69, 9.17) is 11.5 Å². The molecule has 1 aliphatic rings. The summed E-state index contributed by atoms with van der Waals surface area (Å²) in [7, 11) is 0. The first kappa shape index (κ1) is 9.21. The second kappa shape index (κ2) is 2.86. The minimum absolute atomic E-state index is 0. The maximum absolute atomic E-state index is 5.79. The van der Waals surface area contributed by atoms with Crippen molar-refractivity contribution in [1.29, 1.82) is 0 Å². The lowest BCUT2D eigenvalue weighted by atomic mass is 10.0. The lowest BCUT2D eigenvalue weighted by molar-refractivity contribution is 0.479. The van der Waals surface area contributed by atoms with Gasteiger partial charge in [-0.15, -0.1) is 12.4 Å². The van der Waals surface area contributed by atoms with Gasteiger partial charge in [-0.05, 0) is 26.2 Å². The SMILES string of the molecule is CC1(N)CCC(N)C1.Cl. The normalized spacial score (nSPS) is 42.3. The molecule has 1 rings (SSSR count). The third-order valence-electron chi connectivity index (χ3n) is 1.81. The van der Waals surface area contributed by atoms with E-state index in [0.29, 0.717) is 6.04 Å². The summed E-state index contributed by atoms with van der Waals surface area (Å²) < 4.78 is 0. The second-order valence-corrected chi connectivity index (χ2v) is 3.16. The molecule has 1 fully saturated rings. The van der Waals surface area contributed by atoms with E-state index in [2.05, 4.69) is 6.92 Å². The molecule has 0 aliphatic heterocycles. The van der Waals surface area contributed by atoms with Crippen molar-refractivity contribution in [2.24, 2.45) is 11.5 Å². The van der Waals surface area contributed by atoms with Gasteiger partial charge in [0.1, 0.15) is 0 Å². The van der Waals surface area contributed by atoms with Gasteiger partial charge in [0.05, 0.1) is 0 Å². The summed E-state index contributed by atoms with van der Waals surface area (Å²) >= 11 is 0. The van der Waals surface area contributed by atoms with Gasteiger partial charge < -0.3 is 11.5 Å². The van der Waals surface area contributed by atoms with E-state index in [9.17, 15) is 0 Å². The van der Waals surface area contributed by atoms with Gasteiger partial charge in [0, 0.05) is 11.6 Å². The molecule has 56 valence electrons. The summed E-state index contributed by atoms with van der Waals surface area (Å²) in [4.78, 5) is 0. The van der Waals surface area contributed by atoms with E-state index in [1.807, 2.05) is 0 Å². The summed E-state index contributed by atoms with van der Waals surface area (Å²) in [5, 5.41) is 0. The lowest BCUT2D eigenvalue weighted by Crippen LogP contribution is -2.34. The predicted molar refractivity (Wildman–Crippen MR) is 41.7 cm³/mol. The van der Waals surface area contributed by atoms with Crippen LogP contribution in [0.4, 0.5) is 0 Å². The van der Waals surface area contributed by atoms with Crippen LogP contribution in [0.2, 0.25) is 0 Å². The van der Waals surface area contributed by atoms with E-state index < -0.39 is 0 Å². The van der Waals surface area contributed by atoms with Crippen LogP contribution >= 0.6 is 12.4 Å². The maximum Gasteiger partial charge on any atom is 0.0141 e. The summed E-state index contributed by atoms with van der Waals surface area (Å²) in [5.74, 6) is 0. The standard InChI is InChI=1S/C6H14N2.ClH/c1-6(8)3-2-5(7)4-6;/h5H,2-4,7-8H2,1H3;1H. The van der Waals surface area contributed by atoms with Crippen LogP contribution in [0, 0.1) is 0 Å². The van der Waals surface area contributed by atoms with Crippen LogP contribution in [-0.4, -0.2) is 11.6 Å². The molecule has 9 heavy (non-hydrogen) atoms. The molecule has 3 heteroatoms. The highest BCUT2D eigenvalue weighted by atomic mass is 35.5. The van der Waals surface area contributed by atoms with Gasteiger partial charge in [-0.1, -0.05) is 0 Å². The fourth-order valence-electron chi connectivity index (χ4n) is 1.32. The number of hydrogen-bond donors (Lipinski definition) is 2. The fraction of sp³-hybridized carbons (Fsp3) is 1.00. The molecule has 0 aromatic heterocycles. The topological polar surface area (TPSA) is 52.0 Å². The number of hydrogen-bond acceptors (Lipinski definition) is 2. The molecule has 4 N–H and O–H groups in total. The quantitative estimate of drug-likeness (QED) is 0.533. The summed E-state index contributed by atoms with van der Waals surface area (Å²) in [6, 6.07) is 0.366. The van der Waals surface area contributed by atoms with Gasteiger partial charge in [-0.25, -0.2) is 0 Å². The van der Waals surface area contributed by atoms with Gasteiger partial charge in [0.25, 0.3) is 0 Å². The van der Waals surface area contributed by atoms with Crippen molar-refractivity contribution in [3.63, 3.8) is 0 Å². The van der Waals surface area contributed by atoms with Crippen molar-refractivity contribution in [3.05, 3.63) is 0 Å². The highest BCUT2D eigenvalue weighted by molar-refractivity contribution is 5.85. The molecule has 0 saturated heterocycles. The second-order valence-electron chi connectivity index (χ2n) is 3.16. The Labute approximate surface area is 62.4 Å². The first-order valence-corrected chi connectivity index (χ1v) is 3.15. The Kier molecular flexibility index (Phi) is 2.93. The van der Waals surface area contributed by atoms with Crippen molar-refractivity contribution in [3.8, 4) is 0 Å². The molecule has 2 atom stereocenters. The summed E-state index contributed by atoms with van der Waals surface area (Å²) in [6.07, 6.45) is 3.19. The van der Waals surface area contributed by atoms with Gasteiger partial charge in [-0.3, -0.25) is 0 Å². The largest absolute Gasteiger partial charge is 0.328 e. The minimum atomic E-state index is 0. The van der Waals surface area contributed by atoms with Crippen LogP contribution in [0.5, 0.6) is 0 Å². The lowest BCUT2D eigenvalue weighted by Gasteiger charge is -2.15. The number of nitrogens with two attached hydrogens (primary N) is 2. The monoisotopic (exact) mass is 150 g/mol. The highest BCUT2D eigenvalue weighted by Crippen LogP contribution is 2.24. The smallest absolute Gasteiger partial charge is 0.0141 e. The molecular formula is C6H15ClN2. The van der Waals surface area contributed by atoms with Crippen LogP contribution < -0.4 is 11.5 Å². The average Bonchev–Trinajstić information content (AvgIpc) is 1.82. The molecule has 0 radical (unpaired) electrons. The van der Waals surface area contributed by atoms with Crippen molar-refractivity contribution in [2.45, 2.75) is 37.8 Å². The highest BCUT2D eigenvalue weighted by Gasteiger charge is 2.28. The molecular weight excluding hydrogens is 136 g/mol. The van der Waals surface area contributed by atoms with E-state index in [0.717, 1.165) is 19.3 Å². The van der Waals surface area contributed by atoms with Crippen molar-refractivity contribution < 1.29 is 0 Å². The summed E-state index contributed by atoms with van der Waals surface area (Å²) in [5.41, 5.74) is 11.5. The zero-order chi connectivity index (χ0) is 6.20. The molecule has 0 bridgehead atoms. The number of rotatable bonds is 0. The molecule has 0 spiro atoms. The van der Waals surface area contributed by atoms with Crippen molar-refractivity contribution >= 4 is 12.4 Å². The Bertz CT molecular complexity index is 93.1. The molecule has 2 unspecified atom stereocenters. The Balaban J connectivity index is 0.000000640. The van der Waals surface area contributed by atoms with Crippen molar-refractivity contribution in [1.82, 2.24) is 0 Å². The molecule has 2 nitrogen and oxygen atoms in total. The van der Waals surface area contributed by atoms with Crippen LogP contribution in [0.3, 0.4) is 0 Å². The van der Waals surface area contributed by atoms with E-state index in [1.165, 1.54) is 0 Å². The van der Waals surface area contributed by atoms with Gasteiger partial charge in [0.2, 0.25) is 0 Å². The Hall–Kier alpha value is 0.210. The number of halogens is 1. The molecule has 1 saturated carbocycles. The van der Waals surface area contributed by atoms with Crippen molar-refractivity contribution in [2.75, 3.05) is 0 Å². The zero-order valence-corrected chi connectivity index (χ0v) is 6.58. The van der Waals surface area contributed by atoms with Gasteiger partial charge >= 0.3 is 0 Å². The molecule has 0 heterocycles.